The van der Waals surface area contributed by atoms with Crippen LogP contribution in [0.15, 0.2) is 23.3 Å². The Balaban J connectivity index is 0.747. The van der Waals surface area contributed by atoms with Crippen LogP contribution in [-0.4, -0.2) is 30.4 Å². The molecule has 0 aliphatic heterocycles. The Labute approximate surface area is 401 Å². The molecule has 6 saturated carbocycles. The number of carbonyl (C=O) groups is 3. The summed E-state index contributed by atoms with van der Waals surface area (Å²) in [7, 11) is 0. The van der Waals surface area contributed by atoms with E-state index in [1.54, 1.807) is 0 Å². The fourth-order valence-electron chi connectivity index (χ4n) is 18.1. The second-order valence-corrected chi connectivity index (χ2v) is 25.9. The van der Waals surface area contributed by atoms with Gasteiger partial charge >= 0.3 is 18.2 Å². The number of amides is 4. The first-order chi connectivity index (χ1) is 31.4. The van der Waals surface area contributed by atoms with Crippen LogP contribution in [0, 0.1) is 92.7 Å². The third kappa shape index (κ3) is 9.73. The Hall–Kier alpha value is -2.71. The van der Waals surface area contributed by atoms with E-state index in [9.17, 15) is 14.4 Å². The maximum atomic E-state index is 12.9. The first-order valence-corrected chi connectivity index (χ1v) is 27.7. The number of allylic oxidation sites excluding steroid dienone is 2. The zero-order valence-electron chi connectivity index (χ0n) is 43.3. The molecule has 9 nitrogen and oxygen atoms in total. The monoisotopic (exact) mass is 915 g/mol. The normalized spacial score (nSPS) is 41.0. The molecule has 6 fully saturated rings. The summed E-state index contributed by atoms with van der Waals surface area (Å²) in [6.07, 6.45) is 29.7. The molecule has 16 atom stereocenters. The van der Waals surface area contributed by atoms with Crippen molar-refractivity contribution in [2.75, 3.05) is 0 Å². The van der Waals surface area contributed by atoms with Gasteiger partial charge in [0.1, 0.15) is 12.2 Å². The SMILES string of the molecule is CC(C)CCC[C@@H](C)[C@H]1CC[C@H]2[C@@H]3CC=C4C[C@@H](OC(=O)NNC(=O)NNC(=O)O[C@H]5CC[C@@]6(C)C(=CC[C@H]7[C@@H]8CC[C@H]([C@H](C)CCCC(C)C)[C@@]8(C)CC[C@@H]76)C5)CC[C@]4(C)[C@H]3CC[C@]12C. The number of carbonyl (C=O) groups excluding carboxylic acids is 3. The van der Waals surface area contributed by atoms with Crippen molar-refractivity contribution in [1.82, 2.24) is 21.7 Å². The van der Waals surface area contributed by atoms with Gasteiger partial charge in [0.15, 0.2) is 0 Å². The highest BCUT2D eigenvalue weighted by Crippen LogP contribution is 2.69. The summed E-state index contributed by atoms with van der Waals surface area (Å²) in [5, 5.41) is 0. The first kappa shape index (κ1) is 49.7. The molecule has 4 amide bonds. The minimum Gasteiger partial charge on any atom is -0.445 e. The maximum absolute atomic E-state index is 12.9. The third-order valence-corrected chi connectivity index (χ3v) is 21.6. The van der Waals surface area contributed by atoms with Crippen molar-refractivity contribution in [2.24, 2.45) is 92.7 Å². The largest absolute Gasteiger partial charge is 0.445 e. The van der Waals surface area contributed by atoms with Crippen LogP contribution in [0.5, 0.6) is 0 Å². The number of ether oxygens (including phenoxy) is 2. The Bertz CT molecular complexity index is 1680. The van der Waals surface area contributed by atoms with Gasteiger partial charge in [-0.15, -0.1) is 0 Å². The van der Waals surface area contributed by atoms with Gasteiger partial charge in [-0.3, -0.25) is 0 Å². The van der Waals surface area contributed by atoms with Crippen LogP contribution in [0.1, 0.15) is 210 Å². The first-order valence-electron chi connectivity index (χ1n) is 27.7. The van der Waals surface area contributed by atoms with Crippen molar-refractivity contribution in [3.8, 4) is 0 Å². The number of hydrogen-bond acceptors (Lipinski definition) is 5. The molecule has 0 aromatic heterocycles. The van der Waals surface area contributed by atoms with Crippen molar-refractivity contribution >= 4 is 18.2 Å². The molecule has 8 rings (SSSR count). The zero-order valence-corrected chi connectivity index (χ0v) is 43.3. The van der Waals surface area contributed by atoms with E-state index in [0.29, 0.717) is 22.7 Å². The predicted octanol–water partition coefficient (Wildman–Crippen LogP) is 14.4. The fourth-order valence-corrected chi connectivity index (χ4v) is 18.1. The lowest BCUT2D eigenvalue weighted by Gasteiger charge is -2.58. The average molecular weight is 915 g/mol. The van der Waals surface area contributed by atoms with Crippen LogP contribution < -0.4 is 21.7 Å². The van der Waals surface area contributed by atoms with Gasteiger partial charge < -0.3 is 9.47 Å². The van der Waals surface area contributed by atoms with Crippen molar-refractivity contribution < 1.29 is 23.9 Å². The van der Waals surface area contributed by atoms with E-state index < -0.39 is 18.2 Å². The van der Waals surface area contributed by atoms with Crippen LogP contribution in [-0.2, 0) is 9.47 Å². The van der Waals surface area contributed by atoms with E-state index in [1.165, 1.54) is 101 Å². The smallest absolute Gasteiger partial charge is 0.426 e. The highest BCUT2D eigenvalue weighted by atomic mass is 16.6. The van der Waals surface area contributed by atoms with E-state index in [-0.39, 0.29) is 23.0 Å². The molecule has 0 unspecified atom stereocenters. The predicted molar refractivity (Wildman–Crippen MR) is 265 cm³/mol. The number of hydrogen-bond donors (Lipinski definition) is 4. The van der Waals surface area contributed by atoms with E-state index in [2.05, 4.69) is 103 Å². The summed E-state index contributed by atoms with van der Waals surface area (Å²) < 4.78 is 11.7. The maximum Gasteiger partial charge on any atom is 0.426 e. The van der Waals surface area contributed by atoms with E-state index >= 15 is 0 Å². The summed E-state index contributed by atoms with van der Waals surface area (Å²) in [5.41, 5.74) is 13.6. The standard InChI is InChI=1S/C57H94N4O5/c1-35(2)13-11-15-37(5)45-21-23-47-43-19-17-39-33-41(25-29-54(39,7)49(43)27-31-56(45,47)9)65-52(63)60-58-51(62)59-61-53(64)66-42-26-30-55(8)40(34-42)18-20-44-48-24-22-46(38(6)16-12-14-36(3)4)57(48,10)32-28-50(44)55/h17-18,35-38,41-50H,11-16,19-34H2,1-10H3,(H,60,63)(H,61,64)(H2,58,59,62)/t37-,38-,41+,42+,43+,44+,45-,46-,47+,48+,49+,50+,54+,55+,56-,57-/m1/s1. The summed E-state index contributed by atoms with van der Waals surface area (Å²) in [6, 6.07) is -0.773. The Morgan fingerprint density at radius 1 is 0.530 bits per heavy atom. The van der Waals surface area contributed by atoms with Crippen molar-refractivity contribution in [3.05, 3.63) is 23.3 Å². The van der Waals surface area contributed by atoms with Crippen molar-refractivity contribution in [3.63, 3.8) is 0 Å². The van der Waals surface area contributed by atoms with Crippen LogP contribution in [0.25, 0.3) is 0 Å². The lowest BCUT2D eigenvalue weighted by molar-refractivity contribution is -0.0582. The van der Waals surface area contributed by atoms with Gasteiger partial charge in [-0.2, -0.15) is 0 Å². The van der Waals surface area contributed by atoms with E-state index in [4.69, 9.17) is 9.47 Å². The van der Waals surface area contributed by atoms with E-state index in [1.807, 2.05) is 0 Å². The minimum absolute atomic E-state index is 0.163. The van der Waals surface area contributed by atoms with Crippen LogP contribution >= 0.6 is 0 Å². The van der Waals surface area contributed by atoms with Gasteiger partial charge in [0, 0.05) is 12.8 Å². The molecule has 4 N–H and O–H groups in total. The molecule has 8 aliphatic carbocycles. The van der Waals surface area contributed by atoms with Gasteiger partial charge in [-0.05, 0) is 183 Å². The second kappa shape index (κ2) is 20.0. The molecule has 0 spiro atoms. The van der Waals surface area contributed by atoms with Gasteiger partial charge in [0.25, 0.3) is 0 Å². The van der Waals surface area contributed by atoms with Crippen molar-refractivity contribution in [1.29, 1.82) is 0 Å². The molecular weight excluding hydrogens is 821 g/mol. The number of nitrogens with one attached hydrogen (secondary N) is 4. The van der Waals surface area contributed by atoms with Gasteiger partial charge in [0.05, 0.1) is 0 Å². The van der Waals surface area contributed by atoms with Crippen LogP contribution in [0.4, 0.5) is 14.4 Å². The molecule has 8 aliphatic rings. The summed E-state index contributed by atoms with van der Waals surface area (Å²) in [6.45, 7) is 24.8. The molecule has 0 aromatic rings. The van der Waals surface area contributed by atoms with Gasteiger partial charge in [0.2, 0.25) is 0 Å². The molecular formula is C57H94N4O5. The lowest BCUT2D eigenvalue weighted by atomic mass is 9.47. The molecule has 66 heavy (non-hydrogen) atoms. The quantitative estimate of drug-likeness (QED) is 0.115. The summed E-state index contributed by atoms with van der Waals surface area (Å²) in [4.78, 5) is 38.5. The molecule has 0 bridgehead atoms. The number of hydrazine groups is 2. The zero-order chi connectivity index (χ0) is 47.2. The number of rotatable bonds is 12. The molecule has 0 radical (unpaired) electrons. The van der Waals surface area contributed by atoms with Crippen LogP contribution in [0.3, 0.4) is 0 Å². The molecule has 0 saturated heterocycles. The minimum atomic E-state index is -0.773. The van der Waals surface area contributed by atoms with Gasteiger partial charge in [-0.25, -0.2) is 36.1 Å². The second-order valence-electron chi connectivity index (χ2n) is 25.9. The Morgan fingerprint density at radius 2 is 0.939 bits per heavy atom. The molecule has 0 aromatic carbocycles. The molecule has 0 heterocycles. The highest BCUT2D eigenvalue weighted by molar-refractivity contribution is 5.79. The highest BCUT2D eigenvalue weighted by Gasteiger charge is 2.61. The summed E-state index contributed by atoms with van der Waals surface area (Å²) in [5.74, 6) is 9.46. The summed E-state index contributed by atoms with van der Waals surface area (Å²) >= 11 is 0. The average Bonchev–Trinajstić information content (AvgIpc) is 3.82. The molecule has 9 heteroatoms. The van der Waals surface area contributed by atoms with Crippen molar-refractivity contribution in [2.45, 2.75) is 223 Å². The number of fused-ring (bicyclic) bond motifs is 10. The van der Waals surface area contributed by atoms with Crippen LogP contribution in [0.2, 0.25) is 0 Å². The fraction of sp³-hybridized carbons (Fsp3) is 0.877. The Kier molecular flexibility index (Phi) is 15.0. The third-order valence-electron chi connectivity index (χ3n) is 21.6. The topological polar surface area (TPSA) is 118 Å². The lowest BCUT2D eigenvalue weighted by Crippen LogP contribution is -2.54. The Morgan fingerprint density at radius 3 is 1.33 bits per heavy atom. The van der Waals surface area contributed by atoms with Gasteiger partial charge in [-0.1, -0.05) is 131 Å². The number of urea groups is 1. The van der Waals surface area contributed by atoms with E-state index in [0.717, 1.165) is 111 Å². The molecule has 372 valence electrons.